The Morgan fingerprint density at radius 3 is 2.50 bits per heavy atom. The summed E-state index contributed by atoms with van der Waals surface area (Å²) in [6, 6.07) is 0. The third-order valence-corrected chi connectivity index (χ3v) is 0.786. The molecule has 0 aliphatic rings. The Hall–Kier alpha value is 0.846. The molecule has 54 valence electrons. The molecule has 0 aromatic carbocycles. The van der Waals surface area contributed by atoms with Gasteiger partial charge >= 0.3 is 57.4 Å². The van der Waals surface area contributed by atoms with Gasteiger partial charge < -0.3 is 6.16 Å². The Balaban J connectivity index is -0.000000320. The number of carbonyl (C=O) groups is 1. The predicted octanol–water partition coefficient (Wildman–Crippen LogP) is -1.37. The van der Waals surface area contributed by atoms with Crippen molar-refractivity contribution in [2.75, 3.05) is 6.61 Å². The van der Waals surface area contributed by atoms with E-state index in [9.17, 15) is 4.79 Å². The van der Waals surface area contributed by atoms with Crippen LogP contribution in [0.25, 0.3) is 0 Å². The standard InChI is InChI=1S/C7H12O2.K.H/c1-4-5-9-7(8)6(2)3;;/h2,4-5H2,1,3H3;;/q;+1;-1. The van der Waals surface area contributed by atoms with Crippen molar-refractivity contribution in [1.29, 1.82) is 0 Å². The van der Waals surface area contributed by atoms with Crippen molar-refractivity contribution in [3.63, 3.8) is 0 Å². The second kappa shape index (κ2) is 7.95. The van der Waals surface area contributed by atoms with Crippen LogP contribution >= 0.6 is 0 Å². The van der Waals surface area contributed by atoms with Crippen LogP contribution in [0.4, 0.5) is 0 Å². The molecule has 0 radical (unpaired) electrons. The van der Waals surface area contributed by atoms with E-state index in [0.717, 1.165) is 6.42 Å². The Morgan fingerprint density at radius 1 is 1.70 bits per heavy atom. The van der Waals surface area contributed by atoms with Crippen LogP contribution in [0.3, 0.4) is 0 Å². The van der Waals surface area contributed by atoms with Crippen molar-refractivity contribution >= 4 is 5.97 Å². The van der Waals surface area contributed by atoms with Crippen LogP contribution in [0.15, 0.2) is 12.2 Å². The van der Waals surface area contributed by atoms with Gasteiger partial charge in [0.25, 0.3) is 0 Å². The van der Waals surface area contributed by atoms with Crippen LogP contribution in [0, 0.1) is 0 Å². The average Bonchev–Trinajstić information content (AvgIpc) is 1.82. The maximum Gasteiger partial charge on any atom is 1.00 e. The Labute approximate surface area is 106 Å². The number of esters is 1. The molecule has 0 rings (SSSR count). The van der Waals surface area contributed by atoms with Gasteiger partial charge in [-0.1, -0.05) is 13.5 Å². The molecule has 0 aliphatic carbocycles. The van der Waals surface area contributed by atoms with Crippen LogP contribution in [-0.2, 0) is 9.53 Å². The minimum Gasteiger partial charge on any atom is -1.00 e. The third-order valence-electron chi connectivity index (χ3n) is 0.786. The minimum atomic E-state index is -0.295. The van der Waals surface area contributed by atoms with E-state index in [-0.39, 0.29) is 58.8 Å². The summed E-state index contributed by atoms with van der Waals surface area (Å²) in [5.74, 6) is -0.295. The van der Waals surface area contributed by atoms with Gasteiger partial charge in [-0.2, -0.15) is 0 Å². The van der Waals surface area contributed by atoms with E-state index in [0.29, 0.717) is 12.2 Å². The maximum atomic E-state index is 10.6. The molecule has 0 saturated carbocycles. The normalized spacial score (nSPS) is 7.80. The van der Waals surface area contributed by atoms with Crippen molar-refractivity contribution in [2.24, 2.45) is 0 Å². The molecule has 0 fully saturated rings. The molecule has 0 spiro atoms. The van der Waals surface area contributed by atoms with Gasteiger partial charge in [0.2, 0.25) is 0 Å². The number of rotatable bonds is 3. The summed E-state index contributed by atoms with van der Waals surface area (Å²) in [5.41, 5.74) is 0.462. The largest absolute Gasteiger partial charge is 1.00 e. The van der Waals surface area contributed by atoms with Crippen LogP contribution in [0.5, 0.6) is 0 Å². The fraction of sp³-hybridized carbons (Fsp3) is 0.571. The van der Waals surface area contributed by atoms with Gasteiger partial charge in [0.1, 0.15) is 0 Å². The quantitative estimate of drug-likeness (QED) is 0.295. The molecular weight excluding hydrogens is 155 g/mol. The number of carbonyl (C=O) groups excluding carboxylic acids is 1. The monoisotopic (exact) mass is 168 g/mol. The summed E-state index contributed by atoms with van der Waals surface area (Å²) in [7, 11) is 0. The van der Waals surface area contributed by atoms with Gasteiger partial charge in [0, 0.05) is 5.57 Å². The molecule has 0 aromatic heterocycles. The minimum absolute atomic E-state index is 0. The summed E-state index contributed by atoms with van der Waals surface area (Å²) < 4.78 is 4.71. The van der Waals surface area contributed by atoms with Crippen molar-refractivity contribution < 1.29 is 62.3 Å². The molecule has 0 amide bonds. The molecule has 0 unspecified atom stereocenters. The van der Waals surface area contributed by atoms with Crippen LogP contribution in [0.1, 0.15) is 21.7 Å². The van der Waals surface area contributed by atoms with Gasteiger partial charge in [0.15, 0.2) is 0 Å². The summed E-state index contributed by atoms with van der Waals surface area (Å²) in [4.78, 5) is 10.6. The first-order chi connectivity index (χ1) is 4.18. The topological polar surface area (TPSA) is 26.3 Å². The van der Waals surface area contributed by atoms with E-state index in [1.807, 2.05) is 6.92 Å². The van der Waals surface area contributed by atoms with Gasteiger partial charge in [-0.25, -0.2) is 4.79 Å². The van der Waals surface area contributed by atoms with Crippen LogP contribution in [-0.4, -0.2) is 12.6 Å². The van der Waals surface area contributed by atoms with Crippen molar-refractivity contribution in [3.05, 3.63) is 12.2 Å². The Bertz CT molecular complexity index is 126. The Morgan fingerprint density at radius 2 is 2.20 bits per heavy atom. The molecule has 3 heteroatoms. The van der Waals surface area contributed by atoms with Crippen LogP contribution in [0.2, 0.25) is 0 Å². The number of hydrogen-bond acceptors (Lipinski definition) is 2. The molecule has 0 aromatic rings. The zero-order valence-corrected chi connectivity index (χ0v) is 10.1. The first-order valence-corrected chi connectivity index (χ1v) is 3.01. The second-order valence-corrected chi connectivity index (χ2v) is 1.92. The third kappa shape index (κ3) is 6.96. The second-order valence-electron chi connectivity index (χ2n) is 1.92. The first-order valence-electron chi connectivity index (χ1n) is 3.01. The SMILES string of the molecule is C=C(C)C(=O)OCCC.[H-].[K+]. The average molecular weight is 168 g/mol. The fourth-order valence-electron chi connectivity index (χ4n) is 0.318. The molecule has 0 atom stereocenters. The van der Waals surface area contributed by atoms with Gasteiger partial charge in [-0.3, -0.25) is 0 Å². The Kier molecular flexibility index (Phi) is 10.7. The van der Waals surface area contributed by atoms with Crippen LogP contribution < -0.4 is 51.4 Å². The zero-order valence-electron chi connectivity index (χ0n) is 7.94. The van der Waals surface area contributed by atoms with Gasteiger partial charge in [-0.15, -0.1) is 0 Å². The van der Waals surface area contributed by atoms with Gasteiger partial charge in [-0.05, 0) is 13.3 Å². The predicted molar refractivity (Wildman–Crippen MR) is 37.2 cm³/mol. The van der Waals surface area contributed by atoms with E-state index >= 15 is 0 Å². The summed E-state index contributed by atoms with van der Waals surface area (Å²) in [5, 5.41) is 0. The summed E-state index contributed by atoms with van der Waals surface area (Å²) in [6.07, 6.45) is 0.860. The van der Waals surface area contributed by atoms with Crippen molar-refractivity contribution in [3.8, 4) is 0 Å². The first kappa shape index (κ1) is 13.4. The summed E-state index contributed by atoms with van der Waals surface area (Å²) >= 11 is 0. The van der Waals surface area contributed by atoms with E-state index in [1.54, 1.807) is 6.92 Å². The van der Waals surface area contributed by atoms with E-state index in [1.165, 1.54) is 0 Å². The smallest absolute Gasteiger partial charge is 1.00 e. The molecular formula is C7H13KO2. The molecule has 0 saturated heterocycles. The molecule has 0 bridgehead atoms. The van der Waals surface area contributed by atoms with E-state index in [4.69, 9.17) is 4.74 Å². The van der Waals surface area contributed by atoms with E-state index in [2.05, 4.69) is 6.58 Å². The molecule has 2 nitrogen and oxygen atoms in total. The van der Waals surface area contributed by atoms with Gasteiger partial charge in [0.05, 0.1) is 6.61 Å². The maximum absolute atomic E-state index is 10.6. The fourth-order valence-corrected chi connectivity index (χ4v) is 0.318. The van der Waals surface area contributed by atoms with Crippen molar-refractivity contribution in [2.45, 2.75) is 20.3 Å². The molecule has 0 aliphatic heterocycles. The molecule has 0 heterocycles. The number of ether oxygens (including phenoxy) is 1. The molecule has 10 heavy (non-hydrogen) atoms. The van der Waals surface area contributed by atoms with Crippen molar-refractivity contribution in [1.82, 2.24) is 0 Å². The zero-order chi connectivity index (χ0) is 7.28. The molecule has 0 N–H and O–H groups in total. The number of hydrogen-bond donors (Lipinski definition) is 0. The van der Waals surface area contributed by atoms with E-state index < -0.39 is 0 Å². The summed E-state index contributed by atoms with van der Waals surface area (Å²) in [6.45, 7) is 7.51.